The molecule has 25 heavy (non-hydrogen) atoms. The van der Waals surface area contributed by atoms with Crippen molar-refractivity contribution in [3.8, 4) is 5.88 Å². The monoisotopic (exact) mass is 355 g/mol. The van der Waals surface area contributed by atoms with Crippen LogP contribution in [0.5, 0.6) is 5.88 Å². The summed E-state index contributed by atoms with van der Waals surface area (Å²) in [4.78, 5) is 7.72. The van der Waals surface area contributed by atoms with Gasteiger partial charge in [-0.2, -0.15) is 13.2 Å². The van der Waals surface area contributed by atoms with E-state index in [1.165, 1.54) is 6.07 Å². The zero-order chi connectivity index (χ0) is 18.1. The molecule has 9 heteroatoms. The van der Waals surface area contributed by atoms with Gasteiger partial charge in [-0.05, 0) is 18.2 Å². The van der Waals surface area contributed by atoms with Crippen molar-refractivity contribution in [2.75, 3.05) is 26.7 Å². The molecule has 0 aliphatic heterocycles. The standard InChI is InChI=1S/C16H20F3N5O/c1-20-15(21-6-10-24-8-2-3-9-24)22-7-11-25-14-5-4-13(12-23-14)16(17,18)19/h2-5,8-9,12H,6-7,10-11H2,1H3,(H2,20,21,22). The number of aliphatic imine (C=N–C) groups is 1. The summed E-state index contributed by atoms with van der Waals surface area (Å²) in [5, 5.41) is 6.20. The lowest BCUT2D eigenvalue weighted by atomic mass is 10.3. The number of halogens is 3. The fourth-order valence-corrected chi connectivity index (χ4v) is 2.00. The van der Waals surface area contributed by atoms with Crippen LogP contribution in [0, 0.1) is 0 Å². The molecule has 0 radical (unpaired) electrons. The lowest BCUT2D eigenvalue weighted by molar-refractivity contribution is -0.137. The Bertz CT molecular complexity index is 653. The van der Waals surface area contributed by atoms with Gasteiger partial charge in [0.25, 0.3) is 0 Å². The van der Waals surface area contributed by atoms with E-state index in [1.807, 2.05) is 29.1 Å². The molecule has 0 amide bonds. The Balaban J connectivity index is 1.65. The van der Waals surface area contributed by atoms with Crippen LogP contribution in [0.25, 0.3) is 0 Å². The number of ether oxygens (including phenoxy) is 1. The molecule has 0 aliphatic rings. The molecule has 2 aromatic heterocycles. The molecule has 6 nitrogen and oxygen atoms in total. The van der Waals surface area contributed by atoms with Crippen molar-refractivity contribution in [3.05, 3.63) is 48.4 Å². The van der Waals surface area contributed by atoms with Crippen molar-refractivity contribution >= 4 is 5.96 Å². The molecule has 136 valence electrons. The minimum Gasteiger partial charge on any atom is -0.476 e. The lowest BCUT2D eigenvalue weighted by Crippen LogP contribution is -2.40. The number of nitrogens with zero attached hydrogens (tertiary/aromatic N) is 3. The molecule has 0 atom stereocenters. The fraction of sp³-hybridized carbons (Fsp3) is 0.375. The van der Waals surface area contributed by atoms with E-state index in [-0.39, 0.29) is 12.5 Å². The molecule has 2 N–H and O–H groups in total. The van der Waals surface area contributed by atoms with E-state index in [4.69, 9.17) is 4.74 Å². The summed E-state index contributed by atoms with van der Waals surface area (Å²) in [6, 6.07) is 6.06. The maximum absolute atomic E-state index is 12.4. The first-order valence-electron chi connectivity index (χ1n) is 7.70. The Hall–Kier alpha value is -2.71. The van der Waals surface area contributed by atoms with Gasteiger partial charge < -0.3 is 19.9 Å². The molecule has 2 aromatic rings. The lowest BCUT2D eigenvalue weighted by Gasteiger charge is -2.13. The number of pyridine rings is 1. The molecule has 0 spiro atoms. The van der Waals surface area contributed by atoms with Crippen LogP contribution in [0.4, 0.5) is 13.2 Å². The average molecular weight is 355 g/mol. The topological polar surface area (TPSA) is 63.5 Å². The van der Waals surface area contributed by atoms with Gasteiger partial charge in [-0.25, -0.2) is 4.98 Å². The van der Waals surface area contributed by atoms with E-state index >= 15 is 0 Å². The second-order valence-corrected chi connectivity index (χ2v) is 5.08. The summed E-state index contributed by atoms with van der Waals surface area (Å²) in [6.45, 7) is 2.19. The summed E-state index contributed by atoms with van der Waals surface area (Å²) in [7, 11) is 1.66. The number of nitrogens with one attached hydrogen (secondary N) is 2. The Kier molecular flexibility index (Phi) is 6.67. The highest BCUT2D eigenvalue weighted by molar-refractivity contribution is 5.79. The third-order valence-corrected chi connectivity index (χ3v) is 3.26. The van der Waals surface area contributed by atoms with E-state index in [2.05, 4.69) is 20.6 Å². The predicted octanol–water partition coefficient (Wildman–Crippen LogP) is 2.15. The number of alkyl halides is 3. The average Bonchev–Trinajstić information content (AvgIpc) is 3.10. The van der Waals surface area contributed by atoms with Crippen LogP contribution in [0.2, 0.25) is 0 Å². The Morgan fingerprint density at radius 2 is 1.92 bits per heavy atom. The van der Waals surface area contributed by atoms with E-state index in [9.17, 15) is 13.2 Å². The summed E-state index contributed by atoms with van der Waals surface area (Å²) in [6.07, 6.45) is 0.307. The number of hydrogen-bond acceptors (Lipinski definition) is 3. The first-order chi connectivity index (χ1) is 12.0. The fourth-order valence-electron chi connectivity index (χ4n) is 2.00. The van der Waals surface area contributed by atoms with Gasteiger partial charge in [0.1, 0.15) is 6.61 Å². The zero-order valence-corrected chi connectivity index (χ0v) is 13.8. The molecule has 0 saturated carbocycles. The maximum Gasteiger partial charge on any atom is 0.417 e. The molecule has 0 saturated heterocycles. The number of hydrogen-bond donors (Lipinski definition) is 2. The van der Waals surface area contributed by atoms with Crippen molar-refractivity contribution in [3.63, 3.8) is 0 Å². The molecule has 0 fully saturated rings. The summed E-state index contributed by atoms with van der Waals surface area (Å²) in [5.41, 5.74) is -0.801. The molecule has 2 heterocycles. The second kappa shape index (κ2) is 8.95. The van der Waals surface area contributed by atoms with Gasteiger partial charge in [-0.15, -0.1) is 0 Å². The normalized spacial score (nSPS) is 12.1. The van der Waals surface area contributed by atoms with E-state index in [0.717, 1.165) is 18.8 Å². The van der Waals surface area contributed by atoms with Gasteiger partial charge in [0.2, 0.25) is 5.88 Å². The number of guanidine groups is 1. The van der Waals surface area contributed by atoms with Crippen molar-refractivity contribution in [2.24, 2.45) is 4.99 Å². The highest BCUT2D eigenvalue weighted by Gasteiger charge is 2.30. The molecule has 0 bridgehead atoms. The molecule has 0 unspecified atom stereocenters. The second-order valence-electron chi connectivity index (χ2n) is 5.08. The number of rotatable bonds is 7. The summed E-state index contributed by atoms with van der Waals surface area (Å²) < 4.78 is 44.6. The minimum absolute atomic E-state index is 0.144. The van der Waals surface area contributed by atoms with Crippen LogP contribution in [0.1, 0.15) is 5.56 Å². The zero-order valence-electron chi connectivity index (χ0n) is 13.8. The van der Waals surface area contributed by atoms with Crippen molar-refractivity contribution in [1.82, 2.24) is 20.2 Å². The third kappa shape index (κ3) is 6.36. The smallest absolute Gasteiger partial charge is 0.417 e. The van der Waals surface area contributed by atoms with Crippen LogP contribution >= 0.6 is 0 Å². The summed E-state index contributed by atoms with van der Waals surface area (Å²) in [5.74, 6) is 0.765. The van der Waals surface area contributed by atoms with Gasteiger partial charge in [0.05, 0.1) is 12.1 Å². The molecule has 0 aliphatic carbocycles. The predicted molar refractivity (Wildman–Crippen MR) is 88.5 cm³/mol. The summed E-state index contributed by atoms with van der Waals surface area (Å²) >= 11 is 0. The van der Waals surface area contributed by atoms with Crippen LogP contribution < -0.4 is 15.4 Å². The third-order valence-electron chi connectivity index (χ3n) is 3.26. The van der Waals surface area contributed by atoms with E-state index in [1.54, 1.807) is 7.05 Å². The minimum atomic E-state index is -4.40. The number of aromatic nitrogens is 2. The van der Waals surface area contributed by atoms with Crippen molar-refractivity contribution in [1.29, 1.82) is 0 Å². The largest absolute Gasteiger partial charge is 0.476 e. The first-order valence-corrected chi connectivity index (χ1v) is 7.70. The van der Waals surface area contributed by atoms with Gasteiger partial charge in [-0.1, -0.05) is 0 Å². The molecular formula is C16H20F3N5O. The molecule has 0 aromatic carbocycles. The van der Waals surface area contributed by atoms with E-state index in [0.29, 0.717) is 19.0 Å². The van der Waals surface area contributed by atoms with Crippen LogP contribution in [0.3, 0.4) is 0 Å². The molecule has 2 rings (SSSR count). The van der Waals surface area contributed by atoms with Crippen LogP contribution in [-0.4, -0.2) is 42.3 Å². The first kappa shape index (κ1) is 18.6. The Morgan fingerprint density at radius 1 is 1.20 bits per heavy atom. The van der Waals surface area contributed by atoms with Crippen molar-refractivity contribution < 1.29 is 17.9 Å². The van der Waals surface area contributed by atoms with E-state index < -0.39 is 11.7 Å². The Labute approximate surface area is 143 Å². The van der Waals surface area contributed by atoms with Crippen LogP contribution in [0.15, 0.2) is 47.8 Å². The quantitative estimate of drug-likeness (QED) is 0.454. The van der Waals surface area contributed by atoms with Crippen molar-refractivity contribution in [2.45, 2.75) is 12.7 Å². The van der Waals surface area contributed by atoms with Gasteiger partial charge >= 0.3 is 6.18 Å². The maximum atomic E-state index is 12.4. The molecular weight excluding hydrogens is 335 g/mol. The van der Waals surface area contributed by atoms with Gasteiger partial charge in [-0.3, -0.25) is 4.99 Å². The van der Waals surface area contributed by atoms with Gasteiger partial charge in [0.15, 0.2) is 5.96 Å². The Morgan fingerprint density at radius 3 is 2.52 bits per heavy atom. The van der Waals surface area contributed by atoms with Gasteiger partial charge in [0, 0.05) is 44.8 Å². The highest BCUT2D eigenvalue weighted by Crippen LogP contribution is 2.29. The SMILES string of the molecule is CN=C(NCCOc1ccc(C(F)(F)F)cn1)NCCn1cccc1. The van der Waals surface area contributed by atoms with Crippen LogP contribution in [-0.2, 0) is 12.7 Å². The highest BCUT2D eigenvalue weighted by atomic mass is 19.4.